The number of nitrogens with zero attached hydrogens (tertiary/aromatic N) is 1. The van der Waals surface area contributed by atoms with Crippen LogP contribution in [0.5, 0.6) is 0 Å². The monoisotopic (exact) mass is 155 g/mol. The van der Waals surface area contributed by atoms with Gasteiger partial charge >= 0.3 is 0 Å². The van der Waals surface area contributed by atoms with Gasteiger partial charge in [0.25, 0.3) is 11.4 Å². The minimum atomic E-state index is -0.364. The Morgan fingerprint density at radius 3 is 2.45 bits per heavy atom. The Hall–Kier alpha value is -0.930. The van der Waals surface area contributed by atoms with Gasteiger partial charge in [0.15, 0.2) is 0 Å². The molecule has 1 spiro atoms. The van der Waals surface area contributed by atoms with E-state index in [2.05, 4.69) is 5.43 Å². The zero-order valence-corrected chi connectivity index (χ0v) is 6.30. The van der Waals surface area contributed by atoms with Gasteiger partial charge in [-0.25, -0.2) is 0 Å². The van der Waals surface area contributed by atoms with Crippen molar-refractivity contribution in [2.45, 2.75) is 37.6 Å². The van der Waals surface area contributed by atoms with Gasteiger partial charge in [0.05, 0.1) is 4.91 Å². The van der Waals surface area contributed by atoms with E-state index < -0.39 is 0 Å². The van der Waals surface area contributed by atoms with Crippen molar-refractivity contribution in [3.8, 4) is 0 Å². The normalized spacial score (nSPS) is 28.0. The third-order valence-electron chi connectivity index (χ3n) is 2.68. The van der Waals surface area contributed by atoms with Gasteiger partial charge < -0.3 is 0 Å². The van der Waals surface area contributed by atoms with Crippen LogP contribution in [0.25, 0.3) is 0 Å². The lowest BCUT2D eigenvalue weighted by Gasteiger charge is -2.06. The Balaban J connectivity index is 2.24. The van der Waals surface area contributed by atoms with Crippen LogP contribution in [0.4, 0.5) is 0 Å². The summed E-state index contributed by atoms with van der Waals surface area (Å²) < 4.78 is 0. The zero-order valence-electron chi connectivity index (χ0n) is 6.30. The highest BCUT2D eigenvalue weighted by Gasteiger charge is 2.56. The number of hydrogen-bond donors (Lipinski definition) is 1. The van der Waals surface area contributed by atoms with E-state index in [9.17, 15) is 9.70 Å². The molecule has 0 bridgehead atoms. The largest absolute Gasteiger partial charge is 0.286 e. The first-order valence-corrected chi connectivity index (χ1v) is 4.00. The second-order valence-electron chi connectivity index (χ2n) is 3.44. The molecule has 0 aromatic carbocycles. The lowest BCUT2D eigenvalue weighted by Crippen LogP contribution is -2.36. The topological polar surface area (TPSA) is 49.2 Å². The van der Waals surface area contributed by atoms with Gasteiger partial charge in [0.2, 0.25) is 0 Å². The predicted molar refractivity (Wildman–Crippen MR) is 37.6 cm³/mol. The van der Waals surface area contributed by atoms with Crippen molar-refractivity contribution in [1.29, 1.82) is 0 Å². The van der Waals surface area contributed by atoms with E-state index in [0.29, 0.717) is 6.42 Å². The smallest absolute Gasteiger partial charge is 0.269 e. The SMILES string of the molecule is O=C1CC2(CCCC2)[N+](=O)N1. The molecule has 0 radical (unpaired) electrons. The van der Waals surface area contributed by atoms with Crippen LogP contribution in [-0.2, 0) is 4.79 Å². The Morgan fingerprint density at radius 2 is 2.00 bits per heavy atom. The predicted octanol–water partition coefficient (Wildman–Crippen LogP) is 0.513. The van der Waals surface area contributed by atoms with Gasteiger partial charge in [-0.05, 0) is 12.8 Å². The maximum atomic E-state index is 11.2. The molecule has 1 aliphatic heterocycles. The number of hydrogen-bond acceptors (Lipinski definition) is 2. The number of nitroso groups, excluding NO2 is 1. The highest BCUT2D eigenvalue weighted by molar-refractivity contribution is 5.77. The lowest BCUT2D eigenvalue weighted by molar-refractivity contribution is -0.650. The van der Waals surface area contributed by atoms with Gasteiger partial charge in [-0.1, -0.05) is 5.43 Å². The van der Waals surface area contributed by atoms with E-state index in [1.807, 2.05) is 0 Å². The van der Waals surface area contributed by atoms with E-state index in [-0.39, 0.29) is 11.4 Å². The van der Waals surface area contributed by atoms with E-state index in [4.69, 9.17) is 0 Å². The Morgan fingerprint density at radius 1 is 1.36 bits per heavy atom. The molecule has 0 atom stereocenters. The fraction of sp³-hybridized carbons (Fsp3) is 0.857. The first-order valence-electron chi connectivity index (χ1n) is 4.00. The molecule has 1 heterocycles. The zero-order chi connectivity index (χ0) is 7.90. The lowest BCUT2D eigenvalue weighted by atomic mass is 9.96. The van der Waals surface area contributed by atoms with Crippen molar-refractivity contribution in [1.82, 2.24) is 5.43 Å². The molecule has 0 aromatic heterocycles. The summed E-state index contributed by atoms with van der Waals surface area (Å²) in [6, 6.07) is 0. The van der Waals surface area contributed by atoms with Crippen LogP contribution in [0.15, 0.2) is 0 Å². The standard InChI is InChI=1S/C7H10N2O2/c10-6-5-7(9(11)8-6)3-1-2-4-7/h1-5H2/p+1. The molecule has 1 amide bonds. The summed E-state index contributed by atoms with van der Waals surface area (Å²) in [6.07, 6.45) is 4.29. The van der Waals surface area contributed by atoms with Gasteiger partial charge in [0.1, 0.15) is 11.3 Å². The maximum absolute atomic E-state index is 11.2. The van der Waals surface area contributed by atoms with E-state index in [1.54, 1.807) is 0 Å². The maximum Gasteiger partial charge on any atom is 0.286 e. The minimum Gasteiger partial charge on any atom is -0.269 e. The van der Waals surface area contributed by atoms with Crippen molar-refractivity contribution in [3.63, 3.8) is 0 Å². The van der Waals surface area contributed by atoms with Gasteiger partial charge in [0, 0.05) is 12.8 Å². The molecule has 1 N–H and O–H groups in total. The summed E-state index contributed by atoms with van der Waals surface area (Å²) >= 11 is 0. The van der Waals surface area contributed by atoms with Crippen LogP contribution < -0.4 is 5.43 Å². The Kier molecular flexibility index (Phi) is 1.25. The van der Waals surface area contributed by atoms with Crippen molar-refractivity contribution in [3.05, 3.63) is 4.91 Å². The molecule has 1 aliphatic carbocycles. The molecule has 4 heteroatoms. The van der Waals surface area contributed by atoms with Crippen LogP contribution in [-0.4, -0.2) is 16.3 Å². The van der Waals surface area contributed by atoms with E-state index in [0.717, 1.165) is 30.6 Å². The summed E-state index contributed by atoms with van der Waals surface area (Å²) in [5.74, 6) is -0.123. The number of nitrogens with one attached hydrogen (secondary N) is 1. The number of carbonyl (C=O) groups is 1. The third-order valence-corrected chi connectivity index (χ3v) is 2.68. The molecule has 2 aliphatic rings. The molecule has 2 fully saturated rings. The number of rotatable bonds is 0. The fourth-order valence-corrected chi connectivity index (χ4v) is 2.06. The van der Waals surface area contributed by atoms with Gasteiger partial charge in [-0.2, -0.15) is 0 Å². The average Bonchev–Trinajstić information content (AvgIpc) is 2.45. The van der Waals surface area contributed by atoms with Crippen LogP contribution >= 0.6 is 0 Å². The summed E-state index contributed by atoms with van der Waals surface area (Å²) in [5.41, 5.74) is 1.92. The Labute approximate surface area is 64.5 Å². The summed E-state index contributed by atoms with van der Waals surface area (Å²) in [5, 5.41) is 0. The van der Waals surface area contributed by atoms with Crippen molar-refractivity contribution < 1.29 is 9.66 Å². The van der Waals surface area contributed by atoms with E-state index in [1.165, 1.54) is 0 Å². The first-order chi connectivity index (χ1) is 5.23. The highest BCUT2D eigenvalue weighted by atomic mass is 16.3. The fourth-order valence-electron chi connectivity index (χ4n) is 2.06. The molecule has 1 saturated carbocycles. The van der Waals surface area contributed by atoms with E-state index >= 15 is 0 Å². The number of hydrazine groups is 1. The van der Waals surface area contributed by atoms with Crippen LogP contribution in [0.1, 0.15) is 32.1 Å². The van der Waals surface area contributed by atoms with Crippen molar-refractivity contribution >= 4 is 5.91 Å². The number of amides is 1. The van der Waals surface area contributed by atoms with Crippen LogP contribution in [0, 0.1) is 4.91 Å². The summed E-state index contributed by atoms with van der Waals surface area (Å²) in [7, 11) is 0. The molecule has 2 rings (SSSR count). The highest BCUT2D eigenvalue weighted by Crippen LogP contribution is 2.37. The number of carbonyl (C=O) groups excluding carboxylic acids is 1. The first kappa shape index (κ1) is 6.76. The summed E-state index contributed by atoms with van der Waals surface area (Å²) in [4.78, 5) is 22.8. The summed E-state index contributed by atoms with van der Waals surface area (Å²) in [6.45, 7) is 0. The van der Waals surface area contributed by atoms with Crippen LogP contribution in [0.3, 0.4) is 0 Å². The van der Waals surface area contributed by atoms with Gasteiger partial charge in [-0.15, -0.1) is 0 Å². The molecular weight excluding hydrogens is 144 g/mol. The average molecular weight is 155 g/mol. The van der Waals surface area contributed by atoms with Crippen molar-refractivity contribution in [2.24, 2.45) is 0 Å². The molecular formula is C7H11N2O2+. The minimum absolute atomic E-state index is 0.123. The van der Waals surface area contributed by atoms with Crippen molar-refractivity contribution in [2.75, 3.05) is 0 Å². The molecule has 60 valence electrons. The van der Waals surface area contributed by atoms with Gasteiger partial charge in [-0.3, -0.25) is 4.79 Å². The third kappa shape index (κ3) is 0.852. The molecule has 4 nitrogen and oxygen atoms in total. The molecule has 11 heavy (non-hydrogen) atoms. The van der Waals surface area contributed by atoms with Crippen LogP contribution in [0.2, 0.25) is 0 Å². The second-order valence-corrected chi connectivity index (χ2v) is 3.44. The Bertz CT molecular complexity index is 218. The molecule has 0 aromatic rings. The molecule has 1 saturated heterocycles. The second kappa shape index (κ2) is 2.03. The molecule has 0 unspecified atom stereocenters. The quantitative estimate of drug-likeness (QED) is 0.518.